The van der Waals surface area contributed by atoms with Crippen LogP contribution >= 0.6 is 11.3 Å². The Morgan fingerprint density at radius 2 is 2.10 bits per heavy atom. The molecule has 0 aliphatic heterocycles. The van der Waals surface area contributed by atoms with Crippen LogP contribution in [0.3, 0.4) is 0 Å². The summed E-state index contributed by atoms with van der Waals surface area (Å²) >= 11 is 1.66. The summed E-state index contributed by atoms with van der Waals surface area (Å²) in [5.74, 6) is -0.00108. The number of hydrogen-bond acceptors (Lipinski definition) is 5. The summed E-state index contributed by atoms with van der Waals surface area (Å²) in [7, 11) is -1.78. The molecule has 0 fully saturated rings. The Labute approximate surface area is 126 Å². The highest BCUT2D eigenvalue weighted by molar-refractivity contribution is 7.89. The maximum absolute atomic E-state index is 11.9. The molecule has 0 bridgehead atoms. The molecule has 0 saturated heterocycles. The molecule has 0 aliphatic rings. The highest BCUT2D eigenvalue weighted by Crippen LogP contribution is 2.24. The van der Waals surface area contributed by atoms with E-state index in [1.54, 1.807) is 11.3 Å². The van der Waals surface area contributed by atoms with Gasteiger partial charge in [0.05, 0.1) is 18.4 Å². The first-order valence-electron chi connectivity index (χ1n) is 6.77. The molecule has 1 heterocycles. The van der Waals surface area contributed by atoms with Crippen molar-refractivity contribution < 1.29 is 13.2 Å². The molecule has 0 saturated carbocycles. The van der Waals surface area contributed by atoms with Crippen LogP contribution in [0.5, 0.6) is 0 Å². The average Bonchev–Trinajstić information content (AvgIpc) is 2.95. The van der Waals surface area contributed by atoms with Crippen molar-refractivity contribution in [1.29, 1.82) is 0 Å². The molecule has 1 unspecified atom stereocenters. The van der Waals surface area contributed by atoms with Gasteiger partial charge in [0.1, 0.15) is 0 Å². The minimum atomic E-state index is -3.28. The van der Waals surface area contributed by atoms with Gasteiger partial charge in [-0.25, -0.2) is 13.1 Å². The Hall–Kier alpha value is -0.470. The van der Waals surface area contributed by atoms with E-state index >= 15 is 0 Å². The number of nitrogens with one attached hydrogen (secondary N) is 1. The van der Waals surface area contributed by atoms with Crippen molar-refractivity contribution in [3.05, 3.63) is 22.4 Å². The average molecular weight is 320 g/mol. The lowest BCUT2D eigenvalue weighted by Crippen LogP contribution is -2.38. The van der Waals surface area contributed by atoms with Gasteiger partial charge >= 0.3 is 0 Å². The SMILES string of the molecule is CCN(CC)C(CNS(=O)(=O)CCOC)c1cccs1. The Balaban J connectivity index is 2.71. The molecule has 0 amide bonds. The van der Waals surface area contributed by atoms with Gasteiger partial charge in [-0.1, -0.05) is 19.9 Å². The molecule has 1 rings (SSSR count). The molecule has 1 N–H and O–H groups in total. The smallest absolute Gasteiger partial charge is 0.213 e. The van der Waals surface area contributed by atoms with E-state index in [4.69, 9.17) is 4.74 Å². The normalized spacial score (nSPS) is 13.8. The van der Waals surface area contributed by atoms with Gasteiger partial charge in [0, 0.05) is 18.5 Å². The van der Waals surface area contributed by atoms with Crippen molar-refractivity contribution in [3.8, 4) is 0 Å². The van der Waals surface area contributed by atoms with Gasteiger partial charge in [-0.15, -0.1) is 11.3 Å². The molecule has 0 aliphatic carbocycles. The highest BCUT2D eigenvalue weighted by atomic mass is 32.2. The Bertz CT molecular complexity index is 456. The summed E-state index contributed by atoms with van der Waals surface area (Å²) in [6, 6.07) is 4.13. The topological polar surface area (TPSA) is 58.6 Å². The van der Waals surface area contributed by atoms with Crippen LogP contribution in [0.4, 0.5) is 0 Å². The minimum absolute atomic E-state index is 0.00108. The second-order valence-electron chi connectivity index (χ2n) is 4.41. The number of thiophene rings is 1. The third-order valence-corrected chi connectivity index (χ3v) is 5.46. The van der Waals surface area contributed by atoms with Gasteiger partial charge in [0.25, 0.3) is 0 Å². The van der Waals surface area contributed by atoms with Crippen LogP contribution in [0.2, 0.25) is 0 Å². The van der Waals surface area contributed by atoms with Crippen LogP contribution in [0, 0.1) is 0 Å². The molecule has 0 radical (unpaired) electrons. The van der Waals surface area contributed by atoms with Crippen molar-refractivity contribution in [3.63, 3.8) is 0 Å². The van der Waals surface area contributed by atoms with Crippen LogP contribution in [-0.2, 0) is 14.8 Å². The van der Waals surface area contributed by atoms with Crippen molar-refractivity contribution in [1.82, 2.24) is 9.62 Å². The fraction of sp³-hybridized carbons (Fsp3) is 0.692. The fourth-order valence-electron chi connectivity index (χ4n) is 2.03. The zero-order chi connectivity index (χ0) is 15.0. The first kappa shape index (κ1) is 17.6. The number of nitrogens with zero attached hydrogens (tertiary/aromatic N) is 1. The van der Waals surface area contributed by atoms with Gasteiger partial charge < -0.3 is 4.74 Å². The summed E-state index contributed by atoms with van der Waals surface area (Å²) in [6.45, 7) is 6.56. The van der Waals surface area contributed by atoms with Crippen LogP contribution in [0.25, 0.3) is 0 Å². The molecular weight excluding hydrogens is 296 g/mol. The lowest BCUT2D eigenvalue weighted by Gasteiger charge is -2.29. The van der Waals surface area contributed by atoms with Crippen molar-refractivity contribution in [2.45, 2.75) is 19.9 Å². The number of ether oxygens (including phenoxy) is 1. The fourth-order valence-corrected chi connectivity index (χ4v) is 3.83. The van der Waals surface area contributed by atoms with E-state index in [9.17, 15) is 8.42 Å². The molecule has 5 nitrogen and oxygen atoms in total. The van der Waals surface area contributed by atoms with Crippen LogP contribution in [0.15, 0.2) is 17.5 Å². The molecular formula is C13H24N2O3S2. The molecule has 0 aromatic carbocycles. The van der Waals surface area contributed by atoms with Crippen LogP contribution in [-0.4, -0.2) is 52.4 Å². The second-order valence-corrected chi connectivity index (χ2v) is 7.32. The predicted octanol–water partition coefficient (Wildman–Crippen LogP) is 1.70. The van der Waals surface area contributed by atoms with Crippen LogP contribution < -0.4 is 4.72 Å². The summed E-state index contributed by atoms with van der Waals surface area (Å²) in [5, 5.41) is 2.02. The predicted molar refractivity (Wildman–Crippen MR) is 83.6 cm³/mol. The van der Waals surface area contributed by atoms with Gasteiger partial charge in [0.2, 0.25) is 10.0 Å². The highest BCUT2D eigenvalue weighted by Gasteiger charge is 2.21. The molecule has 7 heteroatoms. The molecule has 1 atom stereocenters. The maximum Gasteiger partial charge on any atom is 0.213 e. The number of sulfonamides is 1. The standard InChI is InChI=1S/C13H24N2O3S2/c1-4-15(5-2)12(13-7-6-9-19-13)11-14-20(16,17)10-8-18-3/h6-7,9,12,14H,4-5,8,10-11H2,1-3H3. The van der Waals surface area contributed by atoms with E-state index in [1.807, 2.05) is 11.4 Å². The summed E-state index contributed by atoms with van der Waals surface area (Å²) in [6.07, 6.45) is 0. The van der Waals surface area contributed by atoms with E-state index < -0.39 is 10.0 Å². The molecule has 0 spiro atoms. The number of hydrogen-bond donors (Lipinski definition) is 1. The zero-order valence-electron chi connectivity index (χ0n) is 12.3. The number of methoxy groups -OCH3 is 1. The Morgan fingerprint density at radius 3 is 2.60 bits per heavy atom. The van der Waals surface area contributed by atoms with Crippen molar-refractivity contribution in [2.24, 2.45) is 0 Å². The Morgan fingerprint density at radius 1 is 1.40 bits per heavy atom. The number of rotatable bonds is 10. The third kappa shape index (κ3) is 5.49. The van der Waals surface area contributed by atoms with E-state index in [2.05, 4.69) is 29.5 Å². The first-order chi connectivity index (χ1) is 9.54. The summed E-state index contributed by atoms with van der Waals surface area (Å²) in [5.41, 5.74) is 0. The molecule has 1 aromatic rings. The monoisotopic (exact) mass is 320 g/mol. The van der Waals surface area contributed by atoms with E-state index in [-0.39, 0.29) is 18.4 Å². The van der Waals surface area contributed by atoms with Crippen LogP contribution in [0.1, 0.15) is 24.8 Å². The minimum Gasteiger partial charge on any atom is -0.384 e. The van der Waals surface area contributed by atoms with Gasteiger partial charge in [0.15, 0.2) is 0 Å². The largest absolute Gasteiger partial charge is 0.384 e. The van der Waals surface area contributed by atoms with Crippen molar-refractivity contribution in [2.75, 3.05) is 39.1 Å². The van der Waals surface area contributed by atoms with Crippen molar-refractivity contribution >= 4 is 21.4 Å². The molecule has 1 aromatic heterocycles. The number of likely N-dealkylation sites (N-methyl/N-ethyl adjacent to an activating group) is 1. The lowest BCUT2D eigenvalue weighted by molar-refractivity contribution is 0.215. The van der Waals surface area contributed by atoms with Gasteiger partial charge in [-0.05, 0) is 24.5 Å². The van der Waals surface area contributed by atoms with E-state index in [0.717, 1.165) is 13.1 Å². The van der Waals surface area contributed by atoms with E-state index in [0.29, 0.717) is 6.54 Å². The Kier molecular flexibility index (Phi) is 7.68. The lowest BCUT2D eigenvalue weighted by atomic mass is 10.2. The third-order valence-electron chi connectivity index (χ3n) is 3.18. The molecule has 20 heavy (non-hydrogen) atoms. The first-order valence-corrected chi connectivity index (χ1v) is 9.31. The molecule has 116 valence electrons. The van der Waals surface area contributed by atoms with E-state index in [1.165, 1.54) is 12.0 Å². The second kappa shape index (κ2) is 8.74. The zero-order valence-corrected chi connectivity index (χ0v) is 14.0. The summed E-state index contributed by atoms with van der Waals surface area (Å²) in [4.78, 5) is 3.44. The summed E-state index contributed by atoms with van der Waals surface area (Å²) < 4.78 is 31.2. The van der Waals surface area contributed by atoms with Gasteiger partial charge in [-0.3, -0.25) is 4.90 Å². The van der Waals surface area contributed by atoms with Gasteiger partial charge in [-0.2, -0.15) is 0 Å². The maximum atomic E-state index is 11.9. The quantitative estimate of drug-likeness (QED) is 0.713.